The van der Waals surface area contributed by atoms with E-state index < -0.39 is 0 Å². The van der Waals surface area contributed by atoms with Crippen molar-refractivity contribution in [1.82, 2.24) is 15.1 Å². The molecule has 1 saturated heterocycles. The molecule has 1 N–H and O–H groups in total. The van der Waals surface area contributed by atoms with E-state index in [1.807, 2.05) is 0 Å². The van der Waals surface area contributed by atoms with Gasteiger partial charge in [-0.2, -0.15) is 0 Å². The summed E-state index contributed by atoms with van der Waals surface area (Å²) >= 11 is 0. The Hall–Kier alpha value is -0.120. The number of hydrogen-bond acceptors (Lipinski definition) is 3. The highest BCUT2D eigenvalue weighted by Gasteiger charge is 2.09. The van der Waals surface area contributed by atoms with Gasteiger partial charge in [0.15, 0.2) is 0 Å². The maximum atomic E-state index is 3.51. The van der Waals surface area contributed by atoms with Crippen molar-refractivity contribution in [3.63, 3.8) is 0 Å². The van der Waals surface area contributed by atoms with Crippen LogP contribution < -0.4 is 5.32 Å². The van der Waals surface area contributed by atoms with Gasteiger partial charge in [0.25, 0.3) is 0 Å². The number of nitrogens with zero attached hydrogens (tertiary/aromatic N) is 2. The van der Waals surface area contributed by atoms with Crippen LogP contribution in [0.5, 0.6) is 0 Å². The van der Waals surface area contributed by atoms with E-state index in [2.05, 4.69) is 29.1 Å². The lowest BCUT2D eigenvalue weighted by Gasteiger charge is -2.16. The molecule has 0 aromatic heterocycles. The van der Waals surface area contributed by atoms with E-state index in [0.29, 0.717) is 0 Å². The average molecular weight is 213 g/mol. The average Bonchev–Trinajstić information content (AvgIpc) is 2.75. The first kappa shape index (κ1) is 12.9. The van der Waals surface area contributed by atoms with Gasteiger partial charge < -0.3 is 15.1 Å². The normalized spacial score (nSPS) is 17.8. The molecule has 1 aliphatic heterocycles. The molecule has 0 aromatic carbocycles. The van der Waals surface area contributed by atoms with E-state index in [1.165, 1.54) is 52.0 Å². The highest BCUT2D eigenvalue weighted by Crippen LogP contribution is 2.06. The standard InChI is InChI=1S/C12H27N3/c1-3-14(2)12-8-13-7-6-11-15-9-4-5-10-15/h13H,3-12H2,1-2H3. The molecule has 0 aliphatic carbocycles. The molecule has 0 radical (unpaired) electrons. The predicted octanol–water partition coefficient (Wildman–Crippen LogP) is 1.01. The first-order valence-electron chi connectivity index (χ1n) is 6.44. The number of likely N-dealkylation sites (tertiary alicyclic amines) is 1. The molecule has 1 heterocycles. The van der Waals surface area contributed by atoms with Gasteiger partial charge in [-0.25, -0.2) is 0 Å². The summed E-state index contributed by atoms with van der Waals surface area (Å²) in [5.41, 5.74) is 0. The van der Waals surface area contributed by atoms with Crippen molar-refractivity contribution < 1.29 is 0 Å². The third-order valence-corrected chi connectivity index (χ3v) is 3.24. The van der Waals surface area contributed by atoms with E-state index >= 15 is 0 Å². The molecule has 90 valence electrons. The molecule has 1 aliphatic rings. The first-order chi connectivity index (χ1) is 7.33. The van der Waals surface area contributed by atoms with Gasteiger partial charge in [-0.3, -0.25) is 0 Å². The topological polar surface area (TPSA) is 18.5 Å². The summed E-state index contributed by atoms with van der Waals surface area (Å²) in [5.74, 6) is 0. The number of rotatable bonds is 8. The summed E-state index contributed by atoms with van der Waals surface area (Å²) in [6.07, 6.45) is 4.12. The van der Waals surface area contributed by atoms with Crippen LogP contribution in [0.2, 0.25) is 0 Å². The lowest BCUT2D eigenvalue weighted by Crippen LogP contribution is -2.31. The molecule has 1 fully saturated rings. The predicted molar refractivity (Wildman–Crippen MR) is 66.3 cm³/mol. The second-order valence-electron chi connectivity index (χ2n) is 4.55. The zero-order valence-electron chi connectivity index (χ0n) is 10.5. The summed E-state index contributed by atoms with van der Waals surface area (Å²) in [6.45, 7) is 10.8. The maximum Gasteiger partial charge on any atom is 0.0104 e. The van der Waals surface area contributed by atoms with Crippen LogP contribution in [0.15, 0.2) is 0 Å². The summed E-state index contributed by atoms with van der Waals surface area (Å²) in [5, 5.41) is 3.51. The maximum absolute atomic E-state index is 3.51. The third-order valence-electron chi connectivity index (χ3n) is 3.24. The van der Waals surface area contributed by atoms with Crippen molar-refractivity contribution in [3.05, 3.63) is 0 Å². The first-order valence-corrected chi connectivity index (χ1v) is 6.44. The molecule has 3 heteroatoms. The molecule has 0 bridgehead atoms. The van der Waals surface area contributed by atoms with Crippen LogP contribution in [0.3, 0.4) is 0 Å². The Morgan fingerprint density at radius 2 is 1.93 bits per heavy atom. The van der Waals surface area contributed by atoms with Gasteiger partial charge in [0, 0.05) is 13.1 Å². The van der Waals surface area contributed by atoms with Gasteiger partial charge in [0.05, 0.1) is 0 Å². The van der Waals surface area contributed by atoms with E-state index in [1.54, 1.807) is 0 Å². The lowest BCUT2D eigenvalue weighted by molar-refractivity contribution is 0.323. The summed E-state index contributed by atoms with van der Waals surface area (Å²) in [6, 6.07) is 0. The van der Waals surface area contributed by atoms with Crippen LogP contribution in [-0.4, -0.2) is 62.7 Å². The van der Waals surface area contributed by atoms with E-state index in [-0.39, 0.29) is 0 Å². The lowest BCUT2D eigenvalue weighted by atomic mass is 10.4. The van der Waals surface area contributed by atoms with Crippen molar-refractivity contribution in [2.75, 3.05) is 52.9 Å². The summed E-state index contributed by atoms with van der Waals surface area (Å²) in [7, 11) is 2.17. The van der Waals surface area contributed by atoms with Crippen LogP contribution >= 0.6 is 0 Å². The fourth-order valence-corrected chi connectivity index (χ4v) is 1.99. The van der Waals surface area contributed by atoms with Gasteiger partial charge >= 0.3 is 0 Å². The fraction of sp³-hybridized carbons (Fsp3) is 1.00. The summed E-state index contributed by atoms with van der Waals surface area (Å²) < 4.78 is 0. The Morgan fingerprint density at radius 3 is 2.60 bits per heavy atom. The molecule has 15 heavy (non-hydrogen) atoms. The van der Waals surface area contributed by atoms with Crippen molar-refractivity contribution in [2.45, 2.75) is 26.2 Å². The monoisotopic (exact) mass is 213 g/mol. The van der Waals surface area contributed by atoms with Crippen LogP contribution in [0, 0.1) is 0 Å². The fourth-order valence-electron chi connectivity index (χ4n) is 1.99. The molecule has 0 aromatic rings. The Morgan fingerprint density at radius 1 is 1.20 bits per heavy atom. The van der Waals surface area contributed by atoms with Crippen LogP contribution in [0.4, 0.5) is 0 Å². The minimum absolute atomic E-state index is 1.13. The van der Waals surface area contributed by atoms with Gasteiger partial charge in [-0.15, -0.1) is 0 Å². The molecule has 0 amide bonds. The third kappa shape index (κ3) is 6.13. The second-order valence-corrected chi connectivity index (χ2v) is 4.55. The quantitative estimate of drug-likeness (QED) is 0.607. The second kappa shape index (κ2) is 8.08. The molecule has 0 atom stereocenters. The smallest absolute Gasteiger partial charge is 0.0104 e. The van der Waals surface area contributed by atoms with E-state index in [0.717, 1.165) is 13.1 Å². The molecule has 0 unspecified atom stereocenters. The Bertz CT molecular complexity index is 144. The van der Waals surface area contributed by atoms with Crippen molar-refractivity contribution in [2.24, 2.45) is 0 Å². The van der Waals surface area contributed by atoms with Gasteiger partial charge in [0.2, 0.25) is 0 Å². The minimum Gasteiger partial charge on any atom is -0.315 e. The number of likely N-dealkylation sites (N-methyl/N-ethyl adjacent to an activating group) is 1. The van der Waals surface area contributed by atoms with Crippen LogP contribution in [-0.2, 0) is 0 Å². The highest BCUT2D eigenvalue weighted by molar-refractivity contribution is 4.66. The Kier molecular flexibility index (Phi) is 6.98. The zero-order chi connectivity index (χ0) is 10.9. The Labute approximate surface area is 94.8 Å². The van der Waals surface area contributed by atoms with E-state index in [4.69, 9.17) is 0 Å². The summed E-state index contributed by atoms with van der Waals surface area (Å²) in [4.78, 5) is 4.92. The zero-order valence-corrected chi connectivity index (χ0v) is 10.5. The molecular formula is C12H27N3. The van der Waals surface area contributed by atoms with E-state index in [9.17, 15) is 0 Å². The molecule has 0 saturated carbocycles. The van der Waals surface area contributed by atoms with Crippen LogP contribution in [0.1, 0.15) is 26.2 Å². The molecule has 0 spiro atoms. The molecule has 1 rings (SSSR count). The van der Waals surface area contributed by atoms with Crippen LogP contribution in [0.25, 0.3) is 0 Å². The number of hydrogen-bond donors (Lipinski definition) is 1. The van der Waals surface area contributed by atoms with Gasteiger partial charge in [-0.1, -0.05) is 6.92 Å². The highest BCUT2D eigenvalue weighted by atomic mass is 15.1. The number of nitrogens with one attached hydrogen (secondary N) is 1. The van der Waals surface area contributed by atoms with Gasteiger partial charge in [0.1, 0.15) is 0 Å². The van der Waals surface area contributed by atoms with Crippen molar-refractivity contribution >= 4 is 0 Å². The largest absolute Gasteiger partial charge is 0.315 e. The minimum atomic E-state index is 1.13. The Balaban J connectivity index is 1.80. The van der Waals surface area contributed by atoms with Crippen molar-refractivity contribution in [1.29, 1.82) is 0 Å². The van der Waals surface area contributed by atoms with Crippen molar-refractivity contribution in [3.8, 4) is 0 Å². The molecular weight excluding hydrogens is 186 g/mol. The van der Waals surface area contributed by atoms with Gasteiger partial charge in [-0.05, 0) is 59.0 Å². The SMILES string of the molecule is CCN(C)CCNCCCN1CCCC1. The molecule has 3 nitrogen and oxygen atoms in total.